The summed E-state index contributed by atoms with van der Waals surface area (Å²) in [5.41, 5.74) is 2.85. The molecule has 99 valence electrons. The Labute approximate surface area is 111 Å². The summed E-state index contributed by atoms with van der Waals surface area (Å²) < 4.78 is 0. The molecule has 0 aliphatic carbocycles. The van der Waals surface area contributed by atoms with Gasteiger partial charge in [-0.25, -0.2) is 5.32 Å². The van der Waals surface area contributed by atoms with E-state index in [0.29, 0.717) is 0 Å². The van der Waals surface area contributed by atoms with Crippen molar-refractivity contribution in [2.24, 2.45) is 0 Å². The minimum atomic E-state index is 0.985. The highest BCUT2D eigenvalue weighted by Crippen LogP contribution is 2.17. The first-order valence-electron chi connectivity index (χ1n) is 7.37. The third-order valence-corrected chi connectivity index (χ3v) is 3.68. The van der Waals surface area contributed by atoms with Crippen molar-refractivity contribution < 1.29 is 0 Å². The summed E-state index contributed by atoms with van der Waals surface area (Å²) >= 11 is 0. The molecule has 2 nitrogen and oxygen atoms in total. The molecule has 1 saturated heterocycles. The minimum absolute atomic E-state index is 0.985. The van der Waals surface area contributed by atoms with Gasteiger partial charge in [0.15, 0.2) is 0 Å². The third kappa shape index (κ3) is 4.02. The molecule has 2 rings (SSSR count). The lowest BCUT2D eigenvalue weighted by atomic mass is 10.1. The van der Waals surface area contributed by atoms with Crippen molar-refractivity contribution in [3.05, 3.63) is 29.8 Å². The van der Waals surface area contributed by atoms with Gasteiger partial charge in [-0.2, -0.15) is 0 Å². The summed E-state index contributed by atoms with van der Waals surface area (Å²) in [5.74, 6) is 0. The van der Waals surface area contributed by atoms with Gasteiger partial charge in [0.2, 0.25) is 0 Å². The number of aryl methyl sites for hydroxylation is 1. The van der Waals surface area contributed by atoms with Crippen LogP contribution in [0.3, 0.4) is 0 Å². The van der Waals surface area contributed by atoms with E-state index in [0.717, 1.165) is 26.2 Å². The summed E-state index contributed by atoms with van der Waals surface area (Å²) in [6.07, 6.45) is 6.62. The highest BCUT2D eigenvalue weighted by molar-refractivity contribution is 5.48. The Bertz CT molecular complexity index is 325. The van der Waals surface area contributed by atoms with E-state index in [1.165, 1.54) is 43.4 Å². The van der Waals surface area contributed by atoms with Crippen molar-refractivity contribution in [3.8, 4) is 0 Å². The molecular weight excluding hydrogens is 220 g/mol. The van der Waals surface area contributed by atoms with Crippen molar-refractivity contribution in [1.29, 1.82) is 0 Å². The van der Waals surface area contributed by atoms with E-state index in [1.54, 1.807) is 0 Å². The number of piperazine rings is 1. The maximum atomic E-state index is 4.39. The van der Waals surface area contributed by atoms with Crippen LogP contribution in [0.25, 0.3) is 0 Å². The van der Waals surface area contributed by atoms with E-state index in [-0.39, 0.29) is 0 Å². The summed E-state index contributed by atoms with van der Waals surface area (Å²) in [6, 6.07) is 9.15. The van der Waals surface area contributed by atoms with Crippen LogP contribution in [0.15, 0.2) is 24.3 Å². The van der Waals surface area contributed by atoms with Gasteiger partial charge in [0.25, 0.3) is 0 Å². The van der Waals surface area contributed by atoms with Crippen LogP contribution in [0.4, 0.5) is 5.69 Å². The zero-order valence-electron chi connectivity index (χ0n) is 11.6. The Morgan fingerprint density at radius 3 is 2.39 bits per heavy atom. The molecule has 1 aromatic carbocycles. The summed E-state index contributed by atoms with van der Waals surface area (Å²) in [7, 11) is 0. The van der Waals surface area contributed by atoms with Gasteiger partial charge in [0.1, 0.15) is 0 Å². The van der Waals surface area contributed by atoms with Crippen LogP contribution in [-0.2, 0) is 6.42 Å². The lowest BCUT2D eigenvalue weighted by Crippen LogP contribution is -2.40. The average molecular weight is 245 g/mol. The Hall–Kier alpha value is -1.02. The van der Waals surface area contributed by atoms with Crippen LogP contribution in [0.1, 0.15) is 38.2 Å². The molecule has 2 heteroatoms. The van der Waals surface area contributed by atoms with Crippen LogP contribution in [0.2, 0.25) is 0 Å². The molecule has 1 aliphatic rings. The molecular formula is C16H25N2. The van der Waals surface area contributed by atoms with E-state index in [2.05, 4.69) is 41.4 Å². The Morgan fingerprint density at radius 2 is 1.72 bits per heavy atom. The van der Waals surface area contributed by atoms with Gasteiger partial charge in [-0.1, -0.05) is 38.3 Å². The molecule has 1 aromatic rings. The fraction of sp³-hybridized carbons (Fsp3) is 0.625. The first-order chi connectivity index (χ1) is 8.90. The van der Waals surface area contributed by atoms with E-state index >= 15 is 0 Å². The second-order valence-electron chi connectivity index (χ2n) is 5.13. The average Bonchev–Trinajstić information content (AvgIpc) is 2.45. The number of anilines is 1. The van der Waals surface area contributed by atoms with Gasteiger partial charge in [-0.3, -0.25) is 0 Å². The highest BCUT2D eigenvalue weighted by atomic mass is 15.2. The Morgan fingerprint density at radius 1 is 1.00 bits per heavy atom. The topological polar surface area (TPSA) is 17.3 Å². The van der Waals surface area contributed by atoms with Crippen molar-refractivity contribution >= 4 is 5.69 Å². The Balaban J connectivity index is 1.81. The molecule has 18 heavy (non-hydrogen) atoms. The normalized spacial score (nSPS) is 15.9. The lowest BCUT2D eigenvalue weighted by Gasteiger charge is -2.28. The fourth-order valence-corrected chi connectivity index (χ4v) is 2.49. The zero-order valence-corrected chi connectivity index (χ0v) is 11.6. The number of hydrogen-bond donors (Lipinski definition) is 0. The van der Waals surface area contributed by atoms with Gasteiger partial charge in [0.05, 0.1) is 0 Å². The van der Waals surface area contributed by atoms with Crippen LogP contribution in [0.5, 0.6) is 0 Å². The van der Waals surface area contributed by atoms with E-state index in [9.17, 15) is 0 Å². The van der Waals surface area contributed by atoms with Crippen LogP contribution in [0, 0.1) is 0 Å². The predicted molar refractivity (Wildman–Crippen MR) is 78.4 cm³/mol. The molecule has 0 amide bonds. The molecule has 0 bridgehead atoms. The lowest BCUT2D eigenvalue weighted by molar-refractivity contribution is 0.579. The monoisotopic (exact) mass is 245 g/mol. The van der Waals surface area contributed by atoms with Crippen LogP contribution in [-0.4, -0.2) is 26.2 Å². The number of unbranched alkanes of at least 4 members (excludes halogenated alkanes) is 3. The maximum Gasteiger partial charge on any atom is 0.0367 e. The molecule has 0 spiro atoms. The molecule has 0 N–H and O–H groups in total. The van der Waals surface area contributed by atoms with Crippen molar-refractivity contribution in [1.82, 2.24) is 5.32 Å². The van der Waals surface area contributed by atoms with E-state index in [4.69, 9.17) is 0 Å². The van der Waals surface area contributed by atoms with Gasteiger partial charge < -0.3 is 4.90 Å². The van der Waals surface area contributed by atoms with Crippen molar-refractivity contribution in [2.45, 2.75) is 39.0 Å². The quantitative estimate of drug-likeness (QED) is 0.703. The van der Waals surface area contributed by atoms with Crippen molar-refractivity contribution in [2.75, 3.05) is 31.1 Å². The Kier molecular flexibility index (Phi) is 5.53. The van der Waals surface area contributed by atoms with Gasteiger partial charge in [0, 0.05) is 31.9 Å². The summed E-state index contributed by atoms with van der Waals surface area (Å²) in [4.78, 5) is 2.44. The van der Waals surface area contributed by atoms with Gasteiger partial charge in [-0.15, -0.1) is 0 Å². The number of rotatable bonds is 6. The molecule has 0 atom stereocenters. The highest BCUT2D eigenvalue weighted by Gasteiger charge is 2.10. The van der Waals surface area contributed by atoms with Crippen molar-refractivity contribution in [3.63, 3.8) is 0 Å². The molecule has 1 radical (unpaired) electrons. The maximum absolute atomic E-state index is 4.39. The number of hydrogen-bond acceptors (Lipinski definition) is 1. The second-order valence-corrected chi connectivity index (χ2v) is 5.13. The standard InChI is InChI=1S/C16H25N2/c1-2-3-4-5-6-15-7-9-16(10-8-15)18-13-11-17-12-14-18/h7-10H,2-6,11-14H2,1H3. The summed E-state index contributed by atoms with van der Waals surface area (Å²) in [5, 5.41) is 4.39. The van der Waals surface area contributed by atoms with Crippen LogP contribution >= 0.6 is 0 Å². The van der Waals surface area contributed by atoms with Crippen LogP contribution < -0.4 is 10.2 Å². The molecule has 0 unspecified atom stereocenters. The number of benzene rings is 1. The van der Waals surface area contributed by atoms with Gasteiger partial charge >= 0.3 is 0 Å². The smallest absolute Gasteiger partial charge is 0.0367 e. The first kappa shape index (κ1) is 13.4. The van der Waals surface area contributed by atoms with E-state index < -0.39 is 0 Å². The van der Waals surface area contributed by atoms with Gasteiger partial charge in [-0.05, 0) is 30.5 Å². The predicted octanol–water partition coefficient (Wildman–Crippen LogP) is 3.23. The second kappa shape index (κ2) is 7.42. The fourth-order valence-electron chi connectivity index (χ4n) is 2.49. The van der Waals surface area contributed by atoms with E-state index in [1.807, 2.05) is 0 Å². The molecule has 1 aliphatic heterocycles. The molecule has 0 saturated carbocycles. The zero-order chi connectivity index (χ0) is 12.6. The number of nitrogens with zero attached hydrogens (tertiary/aromatic N) is 2. The summed E-state index contributed by atoms with van der Waals surface area (Å²) in [6.45, 7) is 6.39. The molecule has 0 aromatic heterocycles. The molecule has 1 fully saturated rings. The third-order valence-electron chi connectivity index (χ3n) is 3.68. The largest absolute Gasteiger partial charge is 0.369 e. The first-order valence-corrected chi connectivity index (χ1v) is 7.37. The SMILES string of the molecule is CCCCCCc1ccc(N2CC[N]CC2)cc1. The molecule has 1 heterocycles. The minimum Gasteiger partial charge on any atom is -0.369 e.